The van der Waals surface area contributed by atoms with E-state index in [-0.39, 0.29) is 24.0 Å². The van der Waals surface area contributed by atoms with Gasteiger partial charge in [0, 0.05) is 17.9 Å². The van der Waals surface area contributed by atoms with Crippen molar-refractivity contribution in [2.45, 2.75) is 35.6 Å². The molecule has 4 heteroatoms. The van der Waals surface area contributed by atoms with Gasteiger partial charge >= 0.3 is 0 Å². The number of rotatable bonds is 8. The lowest BCUT2D eigenvalue weighted by atomic mass is 10.1. The molecule has 3 aromatic carbocycles. The lowest BCUT2D eigenvalue weighted by molar-refractivity contribution is -0.673. The van der Waals surface area contributed by atoms with Gasteiger partial charge in [-0.05, 0) is 42.7 Å². The summed E-state index contributed by atoms with van der Waals surface area (Å²) in [6.45, 7) is 1.02. The third kappa shape index (κ3) is 5.76. The monoisotopic (exact) mass is 527 g/mol. The summed E-state index contributed by atoms with van der Waals surface area (Å²) in [5.74, 6) is 0.917. The third-order valence-electron chi connectivity index (χ3n) is 5.08. The van der Waals surface area contributed by atoms with Gasteiger partial charge in [-0.1, -0.05) is 66.4 Å². The molecule has 0 fully saturated rings. The normalized spacial score (nSPS) is 10.6. The van der Waals surface area contributed by atoms with Crippen LogP contribution in [0.2, 0.25) is 0 Å². The van der Waals surface area contributed by atoms with Gasteiger partial charge in [-0.3, -0.25) is 0 Å². The van der Waals surface area contributed by atoms with Crippen LogP contribution in [0.4, 0.5) is 0 Å². The Hall–Kier alpha value is -2.05. The molecule has 1 aromatic heterocycles. The number of aryl methyl sites for hydroxylation is 2. The minimum atomic E-state index is 0. The first-order valence-corrected chi connectivity index (χ1v) is 10.9. The second-order valence-corrected chi connectivity index (χ2v) is 8.24. The summed E-state index contributed by atoms with van der Waals surface area (Å²) in [5, 5.41) is 1.27. The van der Waals surface area contributed by atoms with Crippen LogP contribution in [0.1, 0.15) is 18.4 Å². The molecule has 0 aliphatic rings. The molecule has 0 aliphatic carbocycles. The number of halogens is 1. The minimum absolute atomic E-state index is 0. The largest absolute Gasteiger partial charge is 1.00 e. The Morgan fingerprint density at radius 1 is 0.833 bits per heavy atom. The van der Waals surface area contributed by atoms with E-state index >= 15 is 0 Å². The number of methoxy groups -OCH3 is 1. The van der Waals surface area contributed by atoms with E-state index < -0.39 is 0 Å². The average molecular weight is 527 g/mol. The molecular formula is C26H26INOS. The summed E-state index contributed by atoms with van der Waals surface area (Å²) in [6.07, 6.45) is 5.76. The molecule has 0 bridgehead atoms. The number of aromatic nitrogens is 1. The summed E-state index contributed by atoms with van der Waals surface area (Å²) in [6, 6.07) is 29.9. The number of hydrogen-bond donors (Lipinski definition) is 0. The number of pyridine rings is 1. The maximum Gasteiger partial charge on any atom is 0.212 e. The van der Waals surface area contributed by atoms with Crippen LogP contribution in [-0.2, 0) is 13.0 Å². The molecule has 30 heavy (non-hydrogen) atoms. The van der Waals surface area contributed by atoms with E-state index in [0.717, 1.165) is 30.0 Å². The Morgan fingerprint density at radius 2 is 1.57 bits per heavy atom. The molecule has 0 aliphatic heterocycles. The van der Waals surface area contributed by atoms with Gasteiger partial charge in [0.1, 0.15) is 12.3 Å². The molecule has 0 atom stereocenters. The lowest BCUT2D eigenvalue weighted by Gasteiger charge is -2.09. The number of hydrogen-bond acceptors (Lipinski definition) is 2. The first-order chi connectivity index (χ1) is 14.3. The fourth-order valence-corrected chi connectivity index (χ4v) is 4.63. The van der Waals surface area contributed by atoms with Crippen molar-refractivity contribution in [3.63, 3.8) is 0 Å². The molecule has 4 aromatic rings. The zero-order valence-electron chi connectivity index (χ0n) is 17.1. The molecule has 0 amide bonds. The fraction of sp³-hybridized carbons (Fsp3) is 0.192. The Morgan fingerprint density at radius 3 is 2.40 bits per heavy atom. The van der Waals surface area contributed by atoms with Gasteiger partial charge in [-0.25, -0.2) is 0 Å². The summed E-state index contributed by atoms with van der Waals surface area (Å²) in [5.41, 5.74) is 2.71. The smallest absolute Gasteiger partial charge is 0.212 e. The van der Waals surface area contributed by atoms with Gasteiger partial charge in [0.2, 0.25) is 5.52 Å². The quantitative estimate of drug-likeness (QED) is 0.198. The number of nitrogens with zero attached hydrogens (tertiary/aromatic N) is 1. The van der Waals surface area contributed by atoms with Gasteiger partial charge in [0.25, 0.3) is 0 Å². The number of unbranched alkanes of at least 4 members (excludes halogenated alkanes) is 1. The number of benzene rings is 3. The molecule has 0 saturated heterocycles. The molecule has 0 spiro atoms. The zero-order valence-corrected chi connectivity index (χ0v) is 20.1. The van der Waals surface area contributed by atoms with Gasteiger partial charge in [0.15, 0.2) is 6.20 Å². The molecule has 154 valence electrons. The highest BCUT2D eigenvalue weighted by molar-refractivity contribution is 7.99. The maximum atomic E-state index is 5.53. The topological polar surface area (TPSA) is 13.1 Å². The van der Waals surface area contributed by atoms with Gasteiger partial charge in [0.05, 0.1) is 16.9 Å². The molecule has 0 saturated carbocycles. The number of para-hydroxylation sites is 2. The van der Waals surface area contributed by atoms with Crippen molar-refractivity contribution < 1.29 is 33.3 Å². The Kier molecular flexibility index (Phi) is 8.58. The van der Waals surface area contributed by atoms with Crippen molar-refractivity contribution in [1.82, 2.24) is 0 Å². The van der Waals surface area contributed by atoms with E-state index in [9.17, 15) is 0 Å². The molecule has 0 radical (unpaired) electrons. The van der Waals surface area contributed by atoms with Crippen LogP contribution in [-0.4, -0.2) is 7.11 Å². The van der Waals surface area contributed by atoms with E-state index in [4.69, 9.17) is 4.74 Å². The minimum Gasteiger partial charge on any atom is -1.00 e. The summed E-state index contributed by atoms with van der Waals surface area (Å²) < 4.78 is 7.93. The van der Waals surface area contributed by atoms with Crippen molar-refractivity contribution in [1.29, 1.82) is 0 Å². The molecule has 0 N–H and O–H groups in total. The predicted octanol–water partition coefficient (Wildman–Crippen LogP) is 3.31. The van der Waals surface area contributed by atoms with Crippen LogP contribution in [0.25, 0.3) is 10.9 Å². The van der Waals surface area contributed by atoms with E-state index in [1.54, 1.807) is 18.9 Å². The Balaban J connectivity index is 0.00000256. The molecule has 4 rings (SSSR count). The summed E-state index contributed by atoms with van der Waals surface area (Å²) in [4.78, 5) is 2.37. The van der Waals surface area contributed by atoms with Crippen molar-refractivity contribution in [2.24, 2.45) is 0 Å². The highest BCUT2D eigenvalue weighted by Crippen LogP contribution is 2.35. The highest BCUT2D eigenvalue weighted by Gasteiger charge is 2.13. The second kappa shape index (κ2) is 11.4. The van der Waals surface area contributed by atoms with Gasteiger partial charge in [-0.15, -0.1) is 0 Å². The van der Waals surface area contributed by atoms with Crippen LogP contribution in [0.3, 0.4) is 0 Å². The van der Waals surface area contributed by atoms with Crippen LogP contribution in [0.5, 0.6) is 5.75 Å². The van der Waals surface area contributed by atoms with E-state index in [2.05, 4.69) is 83.6 Å². The van der Waals surface area contributed by atoms with E-state index in [0.29, 0.717) is 0 Å². The summed E-state index contributed by atoms with van der Waals surface area (Å²) in [7, 11) is 1.73. The van der Waals surface area contributed by atoms with E-state index in [1.165, 1.54) is 27.8 Å². The first-order valence-electron chi connectivity index (χ1n) is 10.1. The van der Waals surface area contributed by atoms with Crippen molar-refractivity contribution in [2.75, 3.05) is 7.11 Å². The molecule has 2 nitrogen and oxygen atoms in total. The van der Waals surface area contributed by atoms with Crippen LogP contribution in [0, 0.1) is 0 Å². The third-order valence-corrected chi connectivity index (χ3v) is 6.10. The standard InChI is InChI=1S/C26H26NOS.HI/c1-28-25-16-7-8-17-26(25)29-23-19-22-14-5-6-15-24(22)27(20-23)18-10-9-13-21-11-3-2-4-12-21;/h2-8,11-12,14-17,19-20H,9-10,13,18H2,1H3;1H/q+1;/p-1. The van der Waals surface area contributed by atoms with Crippen molar-refractivity contribution in [3.05, 3.63) is 96.7 Å². The highest BCUT2D eigenvalue weighted by atomic mass is 127. The van der Waals surface area contributed by atoms with Crippen molar-refractivity contribution >= 4 is 22.7 Å². The van der Waals surface area contributed by atoms with Crippen LogP contribution >= 0.6 is 11.8 Å². The fourth-order valence-electron chi connectivity index (χ4n) is 3.61. The van der Waals surface area contributed by atoms with Crippen LogP contribution in [0.15, 0.2) is 101 Å². The summed E-state index contributed by atoms with van der Waals surface area (Å²) >= 11 is 1.76. The zero-order chi connectivity index (χ0) is 19.9. The number of ether oxygens (including phenoxy) is 1. The molecular weight excluding hydrogens is 501 g/mol. The van der Waals surface area contributed by atoms with Crippen LogP contribution < -0.4 is 33.3 Å². The number of fused-ring (bicyclic) bond motifs is 1. The van der Waals surface area contributed by atoms with E-state index in [1.807, 2.05) is 12.1 Å². The second-order valence-electron chi connectivity index (χ2n) is 7.12. The maximum absolute atomic E-state index is 5.53. The van der Waals surface area contributed by atoms with Crippen molar-refractivity contribution in [3.8, 4) is 5.75 Å². The first kappa shape index (κ1) is 22.6. The van der Waals surface area contributed by atoms with Gasteiger partial charge in [-0.2, -0.15) is 4.57 Å². The Bertz CT molecular complexity index is 1080. The SMILES string of the molecule is COc1ccccc1Sc1cc2ccccc2[n+](CCCCc2ccccc2)c1.[I-]. The average Bonchev–Trinajstić information content (AvgIpc) is 2.78. The predicted molar refractivity (Wildman–Crippen MR) is 121 cm³/mol. The van der Waals surface area contributed by atoms with Gasteiger partial charge < -0.3 is 28.7 Å². The lowest BCUT2D eigenvalue weighted by Crippen LogP contribution is -3.00. The Labute approximate surface area is 200 Å². The molecule has 0 unspecified atom stereocenters. The molecule has 1 heterocycles.